The average Bonchev–Trinajstić information content (AvgIpc) is 2.77. The molecule has 1 aromatic heterocycles. The van der Waals surface area contributed by atoms with E-state index < -0.39 is 11.6 Å². The quantitative estimate of drug-likeness (QED) is 0.554. The van der Waals surface area contributed by atoms with E-state index in [0.717, 1.165) is 5.56 Å². The van der Waals surface area contributed by atoms with Crippen LogP contribution in [0.2, 0.25) is 0 Å². The van der Waals surface area contributed by atoms with Gasteiger partial charge in [-0.05, 0) is 53.4 Å². The Bertz CT molecular complexity index is 1110. The third kappa shape index (κ3) is 5.12. The summed E-state index contributed by atoms with van der Waals surface area (Å²) in [6.07, 6.45) is 2.39. The number of nitrogens with zero attached hydrogens (tertiary/aromatic N) is 2. The number of ketones is 1. The van der Waals surface area contributed by atoms with Crippen molar-refractivity contribution in [2.24, 2.45) is 0 Å². The second-order valence-corrected chi connectivity index (χ2v) is 7.18. The lowest BCUT2D eigenvalue weighted by molar-refractivity contribution is -0.118. The van der Waals surface area contributed by atoms with Gasteiger partial charge in [0.2, 0.25) is 5.91 Å². The van der Waals surface area contributed by atoms with Crippen LogP contribution in [0.15, 0.2) is 54.7 Å². The van der Waals surface area contributed by atoms with Crippen LogP contribution in [-0.2, 0) is 11.2 Å². The maximum atomic E-state index is 14.6. The van der Waals surface area contributed by atoms with Crippen molar-refractivity contribution in [1.29, 1.82) is 0 Å². The fraction of sp³-hybridized carbons (Fsp3) is 0.208. The van der Waals surface area contributed by atoms with Crippen LogP contribution in [0.5, 0.6) is 0 Å². The Morgan fingerprint density at radius 3 is 2.26 bits per heavy atom. The van der Waals surface area contributed by atoms with Crippen LogP contribution in [0.4, 0.5) is 20.3 Å². The first-order chi connectivity index (χ1) is 14.8. The van der Waals surface area contributed by atoms with Crippen molar-refractivity contribution in [3.63, 3.8) is 0 Å². The van der Waals surface area contributed by atoms with E-state index in [1.54, 1.807) is 37.4 Å². The predicted molar refractivity (Wildman–Crippen MR) is 117 cm³/mol. The minimum Gasteiger partial charge on any atom is -0.384 e. The molecule has 0 fully saturated rings. The van der Waals surface area contributed by atoms with Crippen LogP contribution >= 0.6 is 0 Å². The van der Waals surface area contributed by atoms with E-state index in [4.69, 9.17) is 5.73 Å². The number of aryl methyl sites for hydroxylation is 1. The summed E-state index contributed by atoms with van der Waals surface area (Å²) in [6, 6.07) is 12.0. The molecule has 3 aromatic rings. The van der Waals surface area contributed by atoms with Gasteiger partial charge in [-0.1, -0.05) is 25.1 Å². The van der Waals surface area contributed by atoms with Gasteiger partial charge in [0.1, 0.15) is 17.5 Å². The van der Waals surface area contributed by atoms with E-state index in [9.17, 15) is 18.4 Å². The molecule has 0 spiro atoms. The number of pyridine rings is 1. The molecule has 160 valence electrons. The highest BCUT2D eigenvalue weighted by Crippen LogP contribution is 2.28. The number of Topliss-reactive ketones (excluding diaryl/α,β-unsaturated/α-hetero) is 1. The molecule has 0 atom stereocenters. The number of aromatic nitrogens is 1. The standard InChI is InChI=1S/C24H23F2N3O2/c1-3-24(31)29(2)21-9-7-17(13-20(21)26)16-6-8-18(19(25)12-16)22(30)10-4-15-5-11-23(27)28-14-15/h5-9,11-14H,3-4,10H2,1-2H3,(H2,27,28). The highest BCUT2D eigenvalue weighted by molar-refractivity contribution is 5.97. The van der Waals surface area contributed by atoms with Crippen molar-refractivity contribution in [1.82, 2.24) is 4.98 Å². The SMILES string of the molecule is CCC(=O)N(C)c1ccc(-c2ccc(C(=O)CCc3ccc(N)nc3)c(F)c2)cc1F. The molecule has 0 aliphatic rings. The second-order valence-electron chi connectivity index (χ2n) is 7.18. The number of amides is 1. The van der Waals surface area contributed by atoms with Gasteiger partial charge in [-0.25, -0.2) is 13.8 Å². The van der Waals surface area contributed by atoms with Crippen LogP contribution in [0.3, 0.4) is 0 Å². The van der Waals surface area contributed by atoms with E-state index in [1.807, 2.05) is 0 Å². The lowest BCUT2D eigenvalue weighted by atomic mass is 9.99. The second kappa shape index (κ2) is 9.47. The summed E-state index contributed by atoms with van der Waals surface area (Å²) < 4.78 is 29.2. The maximum Gasteiger partial charge on any atom is 0.226 e. The van der Waals surface area contributed by atoms with Crippen molar-refractivity contribution < 1.29 is 18.4 Å². The molecule has 0 saturated heterocycles. The first kappa shape index (κ1) is 22.1. The van der Waals surface area contributed by atoms with Gasteiger partial charge in [-0.2, -0.15) is 0 Å². The molecule has 1 heterocycles. The van der Waals surface area contributed by atoms with E-state index in [1.165, 1.54) is 36.2 Å². The van der Waals surface area contributed by atoms with Gasteiger partial charge in [-0.3, -0.25) is 9.59 Å². The lowest BCUT2D eigenvalue weighted by Gasteiger charge is -2.18. The van der Waals surface area contributed by atoms with Gasteiger partial charge in [0, 0.05) is 26.1 Å². The number of hydrogen-bond donors (Lipinski definition) is 1. The zero-order valence-electron chi connectivity index (χ0n) is 17.4. The normalized spacial score (nSPS) is 10.7. The molecule has 0 aliphatic carbocycles. The van der Waals surface area contributed by atoms with Gasteiger partial charge >= 0.3 is 0 Å². The first-order valence-corrected chi connectivity index (χ1v) is 9.89. The van der Waals surface area contributed by atoms with Gasteiger partial charge < -0.3 is 10.6 Å². The van der Waals surface area contributed by atoms with Gasteiger partial charge in [0.05, 0.1) is 11.3 Å². The lowest BCUT2D eigenvalue weighted by Crippen LogP contribution is -2.25. The summed E-state index contributed by atoms with van der Waals surface area (Å²) in [5.41, 5.74) is 7.40. The highest BCUT2D eigenvalue weighted by atomic mass is 19.1. The third-order valence-electron chi connectivity index (χ3n) is 5.08. The maximum absolute atomic E-state index is 14.6. The fourth-order valence-electron chi connectivity index (χ4n) is 3.23. The van der Waals surface area contributed by atoms with Crippen LogP contribution in [0, 0.1) is 11.6 Å². The van der Waals surface area contributed by atoms with Gasteiger partial charge in [0.15, 0.2) is 5.78 Å². The Morgan fingerprint density at radius 1 is 1.00 bits per heavy atom. The zero-order valence-corrected chi connectivity index (χ0v) is 17.4. The van der Waals surface area contributed by atoms with E-state index in [-0.39, 0.29) is 35.8 Å². The molecule has 1 amide bonds. The Morgan fingerprint density at radius 2 is 1.68 bits per heavy atom. The smallest absolute Gasteiger partial charge is 0.226 e. The zero-order chi connectivity index (χ0) is 22.5. The van der Waals surface area contributed by atoms with E-state index >= 15 is 0 Å². The van der Waals surface area contributed by atoms with Crippen molar-refractivity contribution in [2.75, 3.05) is 17.7 Å². The number of anilines is 2. The summed E-state index contributed by atoms with van der Waals surface area (Å²) >= 11 is 0. The summed E-state index contributed by atoms with van der Waals surface area (Å²) in [7, 11) is 1.50. The van der Waals surface area contributed by atoms with Crippen LogP contribution in [0.1, 0.15) is 35.7 Å². The van der Waals surface area contributed by atoms with E-state index in [0.29, 0.717) is 23.4 Å². The van der Waals surface area contributed by atoms with Crippen LogP contribution < -0.4 is 10.6 Å². The molecule has 2 N–H and O–H groups in total. The van der Waals surface area contributed by atoms with Crippen molar-refractivity contribution in [2.45, 2.75) is 26.2 Å². The number of rotatable bonds is 7. The van der Waals surface area contributed by atoms with Crippen LogP contribution in [-0.4, -0.2) is 23.7 Å². The predicted octanol–water partition coefficient (Wildman–Crippen LogP) is 4.80. The number of nitrogens with two attached hydrogens (primary N) is 1. The minimum absolute atomic E-state index is 0.0162. The molecule has 0 bridgehead atoms. The topological polar surface area (TPSA) is 76.3 Å². The number of carbonyl (C=O) groups is 2. The molecule has 0 unspecified atom stereocenters. The number of carbonyl (C=O) groups excluding carboxylic acids is 2. The Labute approximate surface area is 179 Å². The van der Waals surface area contributed by atoms with Crippen LogP contribution in [0.25, 0.3) is 11.1 Å². The average molecular weight is 423 g/mol. The summed E-state index contributed by atoms with van der Waals surface area (Å²) in [5.74, 6) is -1.40. The number of halogens is 2. The van der Waals surface area contributed by atoms with Crippen molar-refractivity contribution >= 4 is 23.2 Å². The van der Waals surface area contributed by atoms with Crippen molar-refractivity contribution in [3.05, 3.63) is 77.5 Å². The molecule has 0 aliphatic heterocycles. The monoisotopic (exact) mass is 423 g/mol. The summed E-state index contributed by atoms with van der Waals surface area (Å²) in [6.45, 7) is 1.70. The molecule has 5 nitrogen and oxygen atoms in total. The molecule has 2 aromatic carbocycles. The molecular formula is C24H23F2N3O2. The first-order valence-electron chi connectivity index (χ1n) is 9.89. The largest absolute Gasteiger partial charge is 0.384 e. The Kier molecular flexibility index (Phi) is 6.74. The molecule has 0 radical (unpaired) electrons. The molecule has 3 rings (SSSR count). The third-order valence-corrected chi connectivity index (χ3v) is 5.08. The minimum atomic E-state index is -0.666. The van der Waals surface area contributed by atoms with Crippen molar-refractivity contribution in [3.8, 4) is 11.1 Å². The molecule has 0 saturated carbocycles. The molecular weight excluding hydrogens is 400 g/mol. The number of benzene rings is 2. The fourth-order valence-corrected chi connectivity index (χ4v) is 3.23. The Hall–Kier alpha value is -3.61. The molecule has 31 heavy (non-hydrogen) atoms. The number of hydrogen-bond acceptors (Lipinski definition) is 4. The van der Waals surface area contributed by atoms with E-state index in [2.05, 4.69) is 4.98 Å². The number of nitrogen functional groups attached to an aromatic ring is 1. The summed E-state index contributed by atoms with van der Waals surface area (Å²) in [5, 5.41) is 0. The van der Waals surface area contributed by atoms with Gasteiger partial charge in [-0.15, -0.1) is 0 Å². The Balaban J connectivity index is 1.75. The molecule has 7 heteroatoms. The highest BCUT2D eigenvalue weighted by Gasteiger charge is 2.16. The van der Waals surface area contributed by atoms with Gasteiger partial charge in [0.25, 0.3) is 0 Å². The summed E-state index contributed by atoms with van der Waals surface area (Å²) in [4.78, 5) is 29.4.